The molecule has 0 atom stereocenters. The van der Waals surface area contributed by atoms with Gasteiger partial charge in [-0.1, -0.05) is 28.1 Å². The van der Waals surface area contributed by atoms with E-state index in [9.17, 15) is 14.9 Å². The number of carbonyl (C=O) groups is 1. The molecule has 0 saturated heterocycles. The highest BCUT2D eigenvalue weighted by Gasteiger charge is 2.51. The number of nitrogens with zero attached hydrogens (tertiary/aromatic N) is 2. The zero-order chi connectivity index (χ0) is 17.6. The van der Waals surface area contributed by atoms with Gasteiger partial charge in [0.1, 0.15) is 5.69 Å². The minimum atomic E-state index is -0.407. The van der Waals surface area contributed by atoms with Crippen molar-refractivity contribution in [2.24, 2.45) is 23.7 Å². The summed E-state index contributed by atoms with van der Waals surface area (Å²) in [5, 5.41) is 13.2. The number of hydrogen-bond donors (Lipinski definition) is 1. The van der Waals surface area contributed by atoms with Crippen LogP contribution in [0, 0.1) is 33.8 Å². The number of benzene rings is 1. The number of nitrogens with one attached hydrogen (secondary N) is 1. The van der Waals surface area contributed by atoms with Crippen molar-refractivity contribution >= 4 is 33.2 Å². The third kappa shape index (κ3) is 3.03. The van der Waals surface area contributed by atoms with Gasteiger partial charge in [-0.15, -0.1) is 0 Å². The minimum absolute atomic E-state index is 0.00121. The Hall–Kier alpha value is -1.63. The topological polar surface area (TPSA) is 75.5 Å². The number of anilines is 1. The second-order valence-corrected chi connectivity index (χ2v) is 8.27. The Bertz CT molecular complexity index is 668. The zero-order valence-corrected chi connectivity index (χ0v) is 15.5. The molecular weight excluding hydrogens is 386 g/mol. The molecule has 0 unspecified atom stereocenters. The molecule has 4 fully saturated rings. The number of carbonyl (C=O) groups excluding carboxylic acids is 1. The summed E-state index contributed by atoms with van der Waals surface area (Å²) in [4.78, 5) is 23.6. The molecule has 0 aromatic heterocycles. The van der Waals surface area contributed by atoms with Crippen molar-refractivity contribution in [1.82, 2.24) is 5.01 Å². The fourth-order valence-electron chi connectivity index (χ4n) is 5.54. The summed E-state index contributed by atoms with van der Waals surface area (Å²) < 4.78 is 0. The van der Waals surface area contributed by atoms with Crippen LogP contribution in [-0.4, -0.2) is 27.2 Å². The minimum Gasteiger partial charge on any atom is -0.289 e. The van der Waals surface area contributed by atoms with E-state index < -0.39 is 4.92 Å². The molecule has 0 spiro atoms. The number of alkyl halides is 1. The predicted molar refractivity (Wildman–Crippen MR) is 98.2 cm³/mol. The highest BCUT2D eigenvalue weighted by atomic mass is 79.9. The molecule has 25 heavy (non-hydrogen) atoms. The van der Waals surface area contributed by atoms with Crippen LogP contribution in [-0.2, 0) is 4.79 Å². The summed E-state index contributed by atoms with van der Waals surface area (Å²) in [5.74, 6) is 2.58. The molecule has 1 aromatic rings. The van der Waals surface area contributed by atoms with Crippen molar-refractivity contribution in [2.45, 2.75) is 38.1 Å². The first-order valence-corrected chi connectivity index (χ1v) is 10.1. The van der Waals surface area contributed by atoms with E-state index in [0.717, 1.165) is 11.8 Å². The summed E-state index contributed by atoms with van der Waals surface area (Å²) in [6.45, 7) is 0. The average molecular weight is 408 g/mol. The maximum atomic E-state index is 12.7. The van der Waals surface area contributed by atoms with Gasteiger partial charge in [-0.05, 0) is 61.8 Å². The molecule has 134 valence electrons. The highest BCUT2D eigenvalue weighted by Crippen LogP contribution is 2.55. The second-order valence-electron chi connectivity index (χ2n) is 7.70. The Kier molecular flexibility index (Phi) is 4.43. The molecule has 0 radical (unpaired) electrons. The maximum absolute atomic E-state index is 12.7. The quantitative estimate of drug-likeness (QED) is 0.455. The normalized spacial score (nSPS) is 32.4. The molecule has 5 rings (SSSR count). The van der Waals surface area contributed by atoms with Crippen LogP contribution >= 0.6 is 15.9 Å². The maximum Gasteiger partial charge on any atom is 0.294 e. The standard InChI is InChI=1S/C18H22BrN3O3/c19-10-17(23)21(20-15-3-1-2-4-16(15)22(24)25)18-13-6-11-5-12(8-13)9-14(18)7-11/h1-4,11-14,18,20H,5-10H2. The van der Waals surface area contributed by atoms with Crippen LogP contribution < -0.4 is 5.43 Å². The second kappa shape index (κ2) is 6.59. The molecule has 1 N–H and O–H groups in total. The lowest BCUT2D eigenvalue weighted by molar-refractivity contribution is -0.384. The Morgan fingerprint density at radius 2 is 1.76 bits per heavy atom. The van der Waals surface area contributed by atoms with Gasteiger partial charge in [-0.2, -0.15) is 0 Å². The Balaban J connectivity index is 1.64. The van der Waals surface area contributed by atoms with E-state index in [1.807, 2.05) is 0 Å². The molecule has 4 bridgehead atoms. The monoisotopic (exact) mass is 407 g/mol. The lowest BCUT2D eigenvalue weighted by Gasteiger charge is -2.56. The number of amides is 1. The van der Waals surface area contributed by atoms with E-state index in [2.05, 4.69) is 21.4 Å². The first kappa shape index (κ1) is 16.8. The first-order valence-electron chi connectivity index (χ1n) is 8.95. The Morgan fingerprint density at radius 3 is 2.32 bits per heavy atom. The Morgan fingerprint density at radius 1 is 1.16 bits per heavy atom. The number of nitro groups is 1. The third-order valence-corrected chi connectivity index (χ3v) is 6.68. The summed E-state index contributed by atoms with van der Waals surface area (Å²) in [6.07, 6.45) is 6.08. The summed E-state index contributed by atoms with van der Waals surface area (Å²) in [6, 6.07) is 6.67. The lowest BCUT2D eigenvalue weighted by atomic mass is 9.54. The van der Waals surface area contributed by atoms with E-state index >= 15 is 0 Å². The van der Waals surface area contributed by atoms with E-state index in [0.29, 0.717) is 17.5 Å². The van der Waals surface area contributed by atoms with Gasteiger partial charge in [-0.25, -0.2) is 0 Å². The SMILES string of the molecule is O=C(CBr)N(Nc1ccccc1[N+](=O)[O-])C1C2CC3CC(C2)CC1C3. The highest BCUT2D eigenvalue weighted by molar-refractivity contribution is 9.09. The van der Waals surface area contributed by atoms with Crippen molar-refractivity contribution in [3.8, 4) is 0 Å². The largest absolute Gasteiger partial charge is 0.294 e. The van der Waals surface area contributed by atoms with Crippen molar-refractivity contribution in [1.29, 1.82) is 0 Å². The number of hydrogen-bond acceptors (Lipinski definition) is 4. The summed E-state index contributed by atoms with van der Waals surface area (Å²) in [7, 11) is 0. The van der Waals surface area contributed by atoms with Crippen LogP contribution in [0.2, 0.25) is 0 Å². The summed E-state index contributed by atoms with van der Waals surface area (Å²) >= 11 is 3.28. The van der Waals surface area contributed by atoms with Crippen molar-refractivity contribution < 1.29 is 9.72 Å². The van der Waals surface area contributed by atoms with Gasteiger partial charge in [0.05, 0.1) is 16.3 Å². The molecule has 6 nitrogen and oxygen atoms in total. The number of nitro benzene ring substituents is 1. The fourth-order valence-corrected chi connectivity index (χ4v) is 5.81. The smallest absolute Gasteiger partial charge is 0.289 e. The van der Waals surface area contributed by atoms with Crippen molar-refractivity contribution in [3.05, 3.63) is 34.4 Å². The van der Waals surface area contributed by atoms with Crippen LogP contribution in [0.3, 0.4) is 0 Å². The van der Waals surface area contributed by atoms with Gasteiger partial charge in [0.2, 0.25) is 0 Å². The molecule has 7 heteroatoms. The zero-order valence-electron chi connectivity index (χ0n) is 13.9. The lowest BCUT2D eigenvalue weighted by Crippen LogP contribution is -2.59. The fraction of sp³-hybridized carbons (Fsp3) is 0.611. The van der Waals surface area contributed by atoms with Crippen LogP contribution in [0.5, 0.6) is 0 Å². The number of hydrazine groups is 1. The van der Waals surface area contributed by atoms with Gasteiger partial charge in [-0.3, -0.25) is 25.3 Å². The van der Waals surface area contributed by atoms with Crippen LogP contribution in [0.4, 0.5) is 11.4 Å². The van der Waals surface area contributed by atoms with Crippen molar-refractivity contribution in [2.75, 3.05) is 10.8 Å². The molecule has 4 saturated carbocycles. The molecular formula is C18H22BrN3O3. The van der Waals surface area contributed by atoms with Gasteiger partial charge >= 0.3 is 0 Å². The van der Waals surface area contributed by atoms with Crippen LogP contribution in [0.15, 0.2) is 24.3 Å². The van der Waals surface area contributed by atoms with Gasteiger partial charge in [0.25, 0.3) is 11.6 Å². The van der Waals surface area contributed by atoms with E-state index in [4.69, 9.17) is 0 Å². The van der Waals surface area contributed by atoms with E-state index in [1.165, 1.54) is 38.2 Å². The number of para-hydroxylation sites is 2. The van der Waals surface area contributed by atoms with Gasteiger partial charge < -0.3 is 0 Å². The average Bonchev–Trinajstić information content (AvgIpc) is 2.59. The molecule has 0 aliphatic heterocycles. The van der Waals surface area contributed by atoms with Gasteiger partial charge in [0.15, 0.2) is 0 Å². The Labute approximate surface area is 155 Å². The molecule has 4 aliphatic rings. The predicted octanol–water partition coefficient (Wildman–Crippen LogP) is 3.97. The number of rotatable bonds is 5. The van der Waals surface area contributed by atoms with E-state index in [-0.39, 0.29) is 23.0 Å². The van der Waals surface area contributed by atoms with Gasteiger partial charge in [0, 0.05) is 6.07 Å². The van der Waals surface area contributed by atoms with Crippen LogP contribution in [0.25, 0.3) is 0 Å². The first-order chi connectivity index (χ1) is 12.1. The molecule has 4 aliphatic carbocycles. The van der Waals surface area contributed by atoms with E-state index in [1.54, 1.807) is 23.2 Å². The summed E-state index contributed by atoms with van der Waals surface area (Å²) in [5.41, 5.74) is 3.50. The molecule has 1 aromatic carbocycles. The van der Waals surface area contributed by atoms with Crippen LogP contribution in [0.1, 0.15) is 32.1 Å². The van der Waals surface area contributed by atoms with Crippen molar-refractivity contribution in [3.63, 3.8) is 0 Å². The molecule has 1 amide bonds. The molecule has 0 heterocycles. The third-order valence-electron chi connectivity index (χ3n) is 6.20. The number of halogens is 1.